The van der Waals surface area contributed by atoms with E-state index in [9.17, 15) is 19.2 Å². The molecule has 1 aromatic rings. The number of benzene rings is 1. The quantitative estimate of drug-likeness (QED) is 0.446. The van der Waals surface area contributed by atoms with E-state index >= 15 is 0 Å². The molecule has 3 atom stereocenters. The molecule has 0 radical (unpaired) electrons. The van der Waals surface area contributed by atoms with Gasteiger partial charge in [-0.25, -0.2) is 4.79 Å². The molecular formula is C20H18ClN3O5. The summed E-state index contributed by atoms with van der Waals surface area (Å²) in [6, 6.07) is 5.13. The van der Waals surface area contributed by atoms with Crippen molar-refractivity contribution in [2.45, 2.75) is 25.8 Å². The average molecular weight is 416 g/mol. The highest BCUT2D eigenvalue weighted by Gasteiger charge is 2.50. The van der Waals surface area contributed by atoms with Gasteiger partial charge in [-0.05, 0) is 38.0 Å². The second-order valence-electron chi connectivity index (χ2n) is 6.84. The predicted octanol–water partition coefficient (Wildman–Crippen LogP) is 2.03. The van der Waals surface area contributed by atoms with Crippen LogP contribution in [0.3, 0.4) is 0 Å². The van der Waals surface area contributed by atoms with Crippen LogP contribution in [0.4, 0.5) is 5.69 Å². The van der Waals surface area contributed by atoms with Crippen molar-refractivity contribution in [1.82, 2.24) is 4.90 Å². The van der Waals surface area contributed by atoms with Crippen molar-refractivity contribution >= 4 is 41.0 Å². The predicted molar refractivity (Wildman–Crippen MR) is 102 cm³/mol. The molecule has 8 nitrogen and oxygen atoms in total. The maximum atomic E-state index is 12.5. The first kappa shape index (κ1) is 20.6. The Morgan fingerprint density at radius 2 is 1.90 bits per heavy atom. The van der Waals surface area contributed by atoms with Crippen LogP contribution in [0.25, 0.3) is 0 Å². The van der Waals surface area contributed by atoms with Gasteiger partial charge in [-0.1, -0.05) is 23.8 Å². The molecule has 9 heteroatoms. The number of ether oxygens (including phenoxy) is 1. The molecule has 1 aliphatic carbocycles. The molecule has 1 saturated heterocycles. The number of nitriles is 1. The molecule has 1 aliphatic heterocycles. The van der Waals surface area contributed by atoms with Gasteiger partial charge in [-0.2, -0.15) is 5.26 Å². The number of likely N-dealkylation sites (tertiary alicyclic amines) is 1. The first-order valence-corrected chi connectivity index (χ1v) is 9.39. The van der Waals surface area contributed by atoms with Gasteiger partial charge < -0.3 is 10.1 Å². The molecule has 0 spiro atoms. The van der Waals surface area contributed by atoms with E-state index in [0.29, 0.717) is 18.5 Å². The van der Waals surface area contributed by atoms with Crippen LogP contribution in [0.2, 0.25) is 5.02 Å². The Balaban J connectivity index is 1.55. The minimum atomic E-state index is -1.11. The summed E-state index contributed by atoms with van der Waals surface area (Å²) < 4.78 is 4.98. The molecule has 150 valence electrons. The zero-order valence-electron chi connectivity index (χ0n) is 15.6. The molecule has 3 amide bonds. The maximum absolute atomic E-state index is 12.5. The van der Waals surface area contributed by atoms with Crippen molar-refractivity contribution in [3.8, 4) is 6.07 Å². The van der Waals surface area contributed by atoms with Gasteiger partial charge in [0.2, 0.25) is 11.8 Å². The Morgan fingerprint density at radius 3 is 2.45 bits per heavy atom. The van der Waals surface area contributed by atoms with E-state index in [1.54, 1.807) is 0 Å². The molecule has 1 heterocycles. The molecule has 2 aliphatic rings. The lowest BCUT2D eigenvalue weighted by atomic mass is 9.85. The van der Waals surface area contributed by atoms with Crippen molar-refractivity contribution in [3.63, 3.8) is 0 Å². The standard InChI is InChI=1S/C20H18ClN3O5/c1-11(24-18(26)14-4-2-3-5-15(14)19(24)27)20(28)29-10-17(25)23-13-7-6-12(9-22)16(21)8-13/h2-3,6-8,11,14-15H,4-5,10H2,1H3,(H,23,25)/t11-,14+,15+/m0/s1. The number of imide groups is 1. The van der Waals surface area contributed by atoms with Gasteiger partial charge in [-0.3, -0.25) is 19.3 Å². The van der Waals surface area contributed by atoms with Crippen LogP contribution in [0.5, 0.6) is 0 Å². The summed E-state index contributed by atoms with van der Waals surface area (Å²) in [5.74, 6) is -3.11. The molecule has 1 fully saturated rings. The molecule has 0 bridgehead atoms. The average Bonchev–Trinajstić information content (AvgIpc) is 2.96. The lowest BCUT2D eigenvalue weighted by Crippen LogP contribution is -2.45. The fourth-order valence-corrected chi connectivity index (χ4v) is 3.67. The van der Waals surface area contributed by atoms with Gasteiger partial charge in [0.25, 0.3) is 5.91 Å². The molecule has 1 aromatic carbocycles. The van der Waals surface area contributed by atoms with Gasteiger partial charge in [0.05, 0.1) is 22.4 Å². The van der Waals surface area contributed by atoms with E-state index in [2.05, 4.69) is 5.32 Å². The van der Waals surface area contributed by atoms with E-state index in [1.165, 1.54) is 25.1 Å². The van der Waals surface area contributed by atoms with Crippen molar-refractivity contribution in [1.29, 1.82) is 5.26 Å². The third-order valence-electron chi connectivity index (χ3n) is 4.99. The number of allylic oxidation sites excluding steroid dienone is 2. The first-order chi connectivity index (χ1) is 13.8. The monoisotopic (exact) mass is 415 g/mol. The highest BCUT2D eigenvalue weighted by Crippen LogP contribution is 2.36. The molecule has 3 rings (SSSR count). The molecular weight excluding hydrogens is 398 g/mol. The molecule has 0 saturated carbocycles. The second-order valence-corrected chi connectivity index (χ2v) is 7.25. The smallest absolute Gasteiger partial charge is 0.329 e. The lowest BCUT2D eigenvalue weighted by molar-refractivity contribution is -0.159. The van der Waals surface area contributed by atoms with Crippen molar-refractivity contribution in [2.24, 2.45) is 11.8 Å². The van der Waals surface area contributed by atoms with Crippen LogP contribution < -0.4 is 5.32 Å². The largest absolute Gasteiger partial charge is 0.454 e. The topological polar surface area (TPSA) is 117 Å². The van der Waals surface area contributed by atoms with Gasteiger partial charge in [0.15, 0.2) is 6.61 Å². The van der Waals surface area contributed by atoms with E-state index < -0.39 is 36.4 Å². The van der Waals surface area contributed by atoms with E-state index in [1.807, 2.05) is 18.2 Å². The van der Waals surface area contributed by atoms with Crippen molar-refractivity contribution in [3.05, 3.63) is 40.9 Å². The summed E-state index contributed by atoms with van der Waals surface area (Å²) in [5.41, 5.74) is 0.602. The number of hydrogen-bond donors (Lipinski definition) is 1. The number of anilines is 1. The normalized spacial score (nSPS) is 21.3. The van der Waals surface area contributed by atoms with Crippen LogP contribution in [0.1, 0.15) is 25.3 Å². The molecule has 0 unspecified atom stereocenters. The Morgan fingerprint density at radius 1 is 1.28 bits per heavy atom. The summed E-state index contributed by atoms with van der Waals surface area (Å²) in [6.45, 7) is 0.812. The van der Waals surface area contributed by atoms with Crippen molar-refractivity contribution < 1.29 is 23.9 Å². The number of fused-ring (bicyclic) bond motifs is 1. The lowest BCUT2D eigenvalue weighted by Gasteiger charge is -2.21. The maximum Gasteiger partial charge on any atom is 0.329 e. The van der Waals surface area contributed by atoms with Gasteiger partial charge in [0.1, 0.15) is 12.1 Å². The summed E-state index contributed by atoms with van der Waals surface area (Å²) in [6.07, 6.45) is 4.67. The third kappa shape index (κ3) is 4.15. The first-order valence-electron chi connectivity index (χ1n) is 9.01. The van der Waals surface area contributed by atoms with Gasteiger partial charge in [-0.15, -0.1) is 0 Å². The summed E-state index contributed by atoms with van der Waals surface area (Å²) >= 11 is 5.90. The summed E-state index contributed by atoms with van der Waals surface area (Å²) in [7, 11) is 0. The number of carbonyl (C=O) groups excluding carboxylic acids is 4. The van der Waals surface area contributed by atoms with E-state index in [0.717, 1.165) is 4.90 Å². The highest BCUT2D eigenvalue weighted by atomic mass is 35.5. The minimum absolute atomic E-state index is 0.179. The van der Waals surface area contributed by atoms with Gasteiger partial charge in [0, 0.05) is 5.69 Å². The minimum Gasteiger partial charge on any atom is -0.454 e. The number of amides is 3. The van der Waals surface area contributed by atoms with Crippen LogP contribution >= 0.6 is 11.6 Å². The number of esters is 1. The SMILES string of the molecule is C[C@@H](C(=O)OCC(=O)Nc1ccc(C#N)c(Cl)c1)N1C(=O)[C@@H]2CC=CC[C@H]2C1=O. The molecule has 0 aromatic heterocycles. The van der Waals surface area contributed by atoms with Crippen molar-refractivity contribution in [2.75, 3.05) is 11.9 Å². The summed E-state index contributed by atoms with van der Waals surface area (Å²) in [5, 5.41) is 11.5. The molecule has 29 heavy (non-hydrogen) atoms. The zero-order valence-corrected chi connectivity index (χ0v) is 16.3. The van der Waals surface area contributed by atoms with Gasteiger partial charge >= 0.3 is 5.97 Å². The van der Waals surface area contributed by atoms with E-state index in [4.69, 9.17) is 21.6 Å². The Hall–Kier alpha value is -3.18. The van der Waals surface area contributed by atoms with Crippen LogP contribution in [-0.2, 0) is 23.9 Å². The fraction of sp³-hybridized carbons (Fsp3) is 0.350. The summed E-state index contributed by atoms with van der Waals surface area (Å²) in [4.78, 5) is 50.3. The highest BCUT2D eigenvalue weighted by molar-refractivity contribution is 6.32. The third-order valence-corrected chi connectivity index (χ3v) is 5.30. The Bertz CT molecular complexity index is 926. The number of rotatable bonds is 5. The molecule has 1 N–H and O–H groups in total. The number of nitrogens with one attached hydrogen (secondary N) is 1. The fourth-order valence-electron chi connectivity index (χ4n) is 3.45. The number of halogens is 1. The number of hydrogen-bond acceptors (Lipinski definition) is 6. The number of nitrogens with zero attached hydrogens (tertiary/aromatic N) is 2. The Labute approximate surface area is 172 Å². The van der Waals surface area contributed by atoms with E-state index in [-0.39, 0.29) is 22.4 Å². The van der Waals surface area contributed by atoms with Crippen LogP contribution in [-0.4, -0.2) is 41.2 Å². The van der Waals surface area contributed by atoms with Crippen LogP contribution in [0, 0.1) is 23.2 Å². The zero-order chi connectivity index (χ0) is 21.1. The number of carbonyl (C=O) groups is 4. The second kappa shape index (κ2) is 8.45. The Kier molecular flexibility index (Phi) is 5.99. The van der Waals surface area contributed by atoms with Crippen LogP contribution in [0.15, 0.2) is 30.4 Å².